The van der Waals surface area contributed by atoms with Crippen LogP contribution in [-0.4, -0.2) is 5.97 Å². The van der Waals surface area contributed by atoms with Crippen molar-refractivity contribution in [1.29, 1.82) is 0 Å². The molecule has 0 fully saturated rings. The monoisotopic (exact) mass is 165 g/mol. The topological polar surface area (TPSA) is 67.8 Å². The highest BCUT2D eigenvalue weighted by Crippen LogP contribution is 2.08. The molecule has 0 aromatic heterocycles. The summed E-state index contributed by atoms with van der Waals surface area (Å²) in [4.78, 5) is 10.4. The molecule has 0 aliphatic carbocycles. The van der Waals surface area contributed by atoms with Crippen molar-refractivity contribution in [2.24, 2.45) is 0 Å². The molecule has 1 atom stereocenters. The van der Waals surface area contributed by atoms with Crippen LogP contribution in [-0.2, 0) is 0 Å². The SMILES string of the molecule is C[C@@H]([NH3+])c1ccc(C(=O)[O-])cc1. The van der Waals surface area contributed by atoms with Crippen LogP contribution in [0.3, 0.4) is 0 Å². The number of aromatic carboxylic acids is 1. The summed E-state index contributed by atoms with van der Waals surface area (Å²) in [6.45, 7) is 1.95. The van der Waals surface area contributed by atoms with Crippen LogP contribution in [0.25, 0.3) is 0 Å². The number of quaternary nitrogens is 1. The van der Waals surface area contributed by atoms with E-state index < -0.39 is 5.97 Å². The maximum atomic E-state index is 10.4. The van der Waals surface area contributed by atoms with Crippen molar-refractivity contribution in [1.82, 2.24) is 0 Å². The zero-order valence-corrected chi connectivity index (χ0v) is 6.91. The minimum absolute atomic E-state index is 0.181. The molecule has 0 saturated heterocycles. The highest BCUT2D eigenvalue weighted by atomic mass is 16.4. The van der Waals surface area contributed by atoms with Gasteiger partial charge in [0.2, 0.25) is 0 Å². The fraction of sp³-hybridized carbons (Fsp3) is 0.222. The Balaban J connectivity index is 2.93. The molecule has 0 bridgehead atoms. The average Bonchev–Trinajstić information content (AvgIpc) is 2.04. The first-order valence-corrected chi connectivity index (χ1v) is 3.75. The number of carbonyl (C=O) groups is 1. The minimum Gasteiger partial charge on any atom is -0.545 e. The number of hydrogen-bond acceptors (Lipinski definition) is 2. The van der Waals surface area contributed by atoms with Gasteiger partial charge in [0.25, 0.3) is 0 Å². The van der Waals surface area contributed by atoms with Crippen molar-refractivity contribution in [2.45, 2.75) is 13.0 Å². The molecular formula is C9H11NO2. The molecule has 0 heterocycles. The Morgan fingerprint density at radius 2 is 1.92 bits per heavy atom. The molecule has 0 unspecified atom stereocenters. The zero-order valence-electron chi connectivity index (χ0n) is 6.91. The van der Waals surface area contributed by atoms with Gasteiger partial charge in [0.15, 0.2) is 0 Å². The summed E-state index contributed by atoms with van der Waals surface area (Å²) in [5.74, 6) is -1.14. The Labute approximate surface area is 70.8 Å². The summed E-state index contributed by atoms with van der Waals surface area (Å²) in [5, 5.41) is 10.4. The van der Waals surface area contributed by atoms with E-state index in [1.807, 2.05) is 6.92 Å². The van der Waals surface area contributed by atoms with Gasteiger partial charge in [-0.2, -0.15) is 0 Å². The molecule has 1 aromatic rings. The molecule has 1 aromatic carbocycles. The maximum Gasteiger partial charge on any atom is 0.107 e. The molecule has 0 amide bonds. The van der Waals surface area contributed by atoms with E-state index in [4.69, 9.17) is 0 Å². The van der Waals surface area contributed by atoms with E-state index in [9.17, 15) is 9.90 Å². The summed E-state index contributed by atoms with van der Waals surface area (Å²) >= 11 is 0. The third-order valence-corrected chi connectivity index (χ3v) is 1.72. The summed E-state index contributed by atoms with van der Waals surface area (Å²) in [5.41, 5.74) is 5.06. The quantitative estimate of drug-likeness (QED) is 0.633. The van der Waals surface area contributed by atoms with Crippen LogP contribution in [0.2, 0.25) is 0 Å². The molecule has 3 N–H and O–H groups in total. The van der Waals surface area contributed by atoms with Gasteiger partial charge in [-0.1, -0.05) is 24.3 Å². The summed E-state index contributed by atoms with van der Waals surface area (Å²) < 4.78 is 0. The molecule has 1 rings (SSSR count). The van der Waals surface area contributed by atoms with Crippen LogP contribution in [0.4, 0.5) is 0 Å². The number of carboxylic acid groups (broad SMARTS) is 1. The van der Waals surface area contributed by atoms with Crippen molar-refractivity contribution < 1.29 is 15.6 Å². The highest BCUT2D eigenvalue weighted by Gasteiger charge is 2.01. The van der Waals surface area contributed by atoms with Gasteiger partial charge in [-0.25, -0.2) is 0 Å². The number of benzene rings is 1. The molecule has 0 aliphatic heterocycles. The Morgan fingerprint density at radius 3 is 2.25 bits per heavy atom. The second kappa shape index (κ2) is 3.36. The Kier molecular flexibility index (Phi) is 2.45. The maximum absolute atomic E-state index is 10.4. The molecular weight excluding hydrogens is 154 g/mol. The smallest absolute Gasteiger partial charge is 0.107 e. The summed E-state index contributed by atoms with van der Waals surface area (Å²) in [6.07, 6.45) is 0. The second-order valence-electron chi connectivity index (χ2n) is 2.81. The number of rotatable bonds is 2. The van der Waals surface area contributed by atoms with Gasteiger partial charge >= 0.3 is 0 Å². The lowest BCUT2D eigenvalue weighted by Gasteiger charge is -2.04. The van der Waals surface area contributed by atoms with Gasteiger partial charge < -0.3 is 15.6 Å². The zero-order chi connectivity index (χ0) is 9.14. The van der Waals surface area contributed by atoms with E-state index in [-0.39, 0.29) is 11.6 Å². The van der Waals surface area contributed by atoms with Crippen LogP contribution in [0.5, 0.6) is 0 Å². The molecule has 12 heavy (non-hydrogen) atoms. The lowest BCUT2D eigenvalue weighted by Crippen LogP contribution is -2.51. The number of carboxylic acids is 1. The van der Waals surface area contributed by atoms with E-state index in [0.717, 1.165) is 5.56 Å². The summed E-state index contributed by atoms with van der Waals surface area (Å²) in [7, 11) is 0. The van der Waals surface area contributed by atoms with Gasteiger partial charge in [0.1, 0.15) is 6.04 Å². The standard InChI is InChI=1S/C9H11NO2/c1-6(10)7-2-4-8(5-3-7)9(11)12/h2-6H,10H2,1H3,(H,11,12)/t6-/m1/s1. The lowest BCUT2D eigenvalue weighted by molar-refractivity contribution is -0.420. The average molecular weight is 165 g/mol. The van der Waals surface area contributed by atoms with Crippen molar-refractivity contribution in [2.75, 3.05) is 0 Å². The lowest BCUT2D eigenvalue weighted by atomic mass is 10.1. The molecule has 0 saturated carbocycles. The predicted molar refractivity (Wildman–Crippen MR) is 42.1 cm³/mol. The molecule has 0 aliphatic rings. The Hall–Kier alpha value is -1.35. The molecule has 3 heteroatoms. The van der Waals surface area contributed by atoms with Crippen LogP contribution < -0.4 is 10.8 Å². The third kappa shape index (κ3) is 1.83. The van der Waals surface area contributed by atoms with Gasteiger partial charge in [0.05, 0.1) is 5.97 Å². The fourth-order valence-electron chi connectivity index (χ4n) is 0.948. The van der Waals surface area contributed by atoms with Crippen molar-refractivity contribution in [3.05, 3.63) is 35.4 Å². The van der Waals surface area contributed by atoms with E-state index in [0.29, 0.717) is 0 Å². The fourth-order valence-corrected chi connectivity index (χ4v) is 0.948. The van der Waals surface area contributed by atoms with Gasteiger partial charge in [0, 0.05) is 5.56 Å². The van der Waals surface area contributed by atoms with Crippen LogP contribution in [0.1, 0.15) is 28.9 Å². The predicted octanol–water partition coefficient (Wildman–Crippen LogP) is -0.647. The molecule has 0 spiro atoms. The van der Waals surface area contributed by atoms with Crippen molar-refractivity contribution >= 4 is 5.97 Å². The largest absolute Gasteiger partial charge is 0.545 e. The molecule has 64 valence electrons. The Bertz CT molecular complexity index is 277. The van der Waals surface area contributed by atoms with Crippen molar-refractivity contribution in [3.63, 3.8) is 0 Å². The number of carbonyl (C=O) groups excluding carboxylic acids is 1. The molecule has 0 radical (unpaired) electrons. The van der Waals surface area contributed by atoms with E-state index in [2.05, 4.69) is 5.73 Å². The first-order valence-electron chi connectivity index (χ1n) is 3.75. The van der Waals surface area contributed by atoms with Crippen LogP contribution in [0.15, 0.2) is 24.3 Å². The minimum atomic E-state index is -1.14. The Morgan fingerprint density at radius 1 is 1.42 bits per heavy atom. The number of hydrogen-bond donors (Lipinski definition) is 1. The van der Waals surface area contributed by atoms with Crippen LogP contribution in [0, 0.1) is 0 Å². The van der Waals surface area contributed by atoms with Gasteiger partial charge in [-0.05, 0) is 12.5 Å². The second-order valence-corrected chi connectivity index (χ2v) is 2.81. The van der Waals surface area contributed by atoms with Crippen LogP contribution >= 0.6 is 0 Å². The van der Waals surface area contributed by atoms with E-state index in [1.54, 1.807) is 12.1 Å². The normalized spacial score (nSPS) is 12.5. The van der Waals surface area contributed by atoms with Gasteiger partial charge in [-0.15, -0.1) is 0 Å². The molecule has 3 nitrogen and oxygen atoms in total. The van der Waals surface area contributed by atoms with E-state index in [1.165, 1.54) is 12.1 Å². The van der Waals surface area contributed by atoms with Crippen molar-refractivity contribution in [3.8, 4) is 0 Å². The highest BCUT2D eigenvalue weighted by molar-refractivity contribution is 5.85. The first-order chi connectivity index (χ1) is 5.61. The summed E-state index contributed by atoms with van der Waals surface area (Å²) in [6, 6.07) is 6.76. The van der Waals surface area contributed by atoms with Gasteiger partial charge in [-0.3, -0.25) is 0 Å². The first kappa shape index (κ1) is 8.74. The van der Waals surface area contributed by atoms with E-state index >= 15 is 0 Å². The third-order valence-electron chi connectivity index (χ3n) is 1.72.